The quantitative estimate of drug-likeness (QED) is 0.715. The van der Waals surface area contributed by atoms with E-state index in [2.05, 4.69) is 11.2 Å². The topological polar surface area (TPSA) is 34.4 Å². The zero-order valence-corrected chi connectivity index (χ0v) is 10.7. The molecule has 0 aliphatic heterocycles. The lowest BCUT2D eigenvalue weighted by Gasteiger charge is -2.03. The maximum absolute atomic E-state index is 11.2. The first-order valence-electron chi connectivity index (χ1n) is 6.25. The van der Waals surface area contributed by atoms with Crippen LogP contribution in [0.25, 0.3) is 16.6 Å². The smallest absolute Gasteiger partial charge is 0.134 e. The molecule has 0 aliphatic carbocycles. The van der Waals surface area contributed by atoms with Gasteiger partial charge in [-0.05, 0) is 30.2 Å². The highest BCUT2D eigenvalue weighted by Gasteiger charge is 2.07. The molecule has 3 aromatic rings. The number of hydrogen-bond acceptors (Lipinski definition) is 2. The first-order chi connectivity index (χ1) is 9.24. The number of aromatic nitrogens is 2. The monoisotopic (exact) mass is 250 g/mol. The molecule has 0 saturated carbocycles. The minimum absolute atomic E-state index is 0.178. The number of pyridine rings is 1. The number of rotatable bonds is 3. The van der Waals surface area contributed by atoms with Gasteiger partial charge in [0, 0.05) is 18.2 Å². The molecule has 0 atom stereocenters. The molecule has 3 heteroatoms. The summed E-state index contributed by atoms with van der Waals surface area (Å²) in [6.45, 7) is 1.61. The summed E-state index contributed by atoms with van der Waals surface area (Å²) in [4.78, 5) is 11.2. The normalized spacial score (nSPS) is 10.8. The van der Waals surface area contributed by atoms with Gasteiger partial charge in [0.25, 0.3) is 0 Å². The molecule has 0 bridgehead atoms. The number of carbonyl (C=O) groups is 1. The van der Waals surface area contributed by atoms with Gasteiger partial charge in [0.05, 0.1) is 11.7 Å². The predicted octanol–water partition coefficient (Wildman–Crippen LogP) is 3.13. The van der Waals surface area contributed by atoms with Gasteiger partial charge in [-0.15, -0.1) is 0 Å². The third kappa shape index (κ3) is 2.27. The summed E-state index contributed by atoms with van der Waals surface area (Å²) in [7, 11) is 0. The summed E-state index contributed by atoms with van der Waals surface area (Å²) in [5.74, 6) is 0.178. The van der Waals surface area contributed by atoms with Crippen LogP contribution < -0.4 is 0 Å². The van der Waals surface area contributed by atoms with E-state index in [0.29, 0.717) is 6.42 Å². The van der Waals surface area contributed by atoms with E-state index < -0.39 is 0 Å². The summed E-state index contributed by atoms with van der Waals surface area (Å²) >= 11 is 0. The van der Waals surface area contributed by atoms with Gasteiger partial charge in [-0.25, -0.2) is 4.52 Å². The number of Topliss-reactive ketones (excluding diaryl/α,β-unsaturated/α-hetero) is 1. The average Bonchev–Trinajstić information content (AvgIpc) is 2.82. The minimum Gasteiger partial charge on any atom is -0.300 e. The second kappa shape index (κ2) is 4.69. The van der Waals surface area contributed by atoms with Gasteiger partial charge in [-0.3, -0.25) is 4.79 Å². The third-order valence-electron chi connectivity index (χ3n) is 3.12. The Labute approximate surface area is 111 Å². The predicted molar refractivity (Wildman–Crippen MR) is 75.0 cm³/mol. The van der Waals surface area contributed by atoms with E-state index in [9.17, 15) is 4.79 Å². The van der Waals surface area contributed by atoms with Crippen molar-refractivity contribution in [2.24, 2.45) is 0 Å². The number of carbonyl (C=O) groups excluding carboxylic acids is 1. The van der Waals surface area contributed by atoms with E-state index in [1.165, 1.54) is 0 Å². The molecule has 0 fully saturated rings. The molecule has 0 saturated heterocycles. The molecule has 3 rings (SSSR count). The molecule has 3 nitrogen and oxygen atoms in total. The van der Waals surface area contributed by atoms with Crippen LogP contribution in [0.5, 0.6) is 0 Å². The van der Waals surface area contributed by atoms with Crippen LogP contribution >= 0.6 is 0 Å². The highest BCUT2D eigenvalue weighted by atomic mass is 16.1. The second-order valence-corrected chi connectivity index (χ2v) is 4.67. The van der Waals surface area contributed by atoms with Gasteiger partial charge in [0.15, 0.2) is 0 Å². The molecular formula is C16H14N2O. The minimum atomic E-state index is 0.178. The van der Waals surface area contributed by atoms with Crippen LogP contribution in [0, 0.1) is 0 Å². The van der Waals surface area contributed by atoms with Crippen molar-refractivity contribution >= 4 is 11.3 Å². The largest absolute Gasteiger partial charge is 0.300 e. The lowest BCUT2D eigenvalue weighted by Crippen LogP contribution is -1.96. The Hall–Kier alpha value is -2.42. The lowest BCUT2D eigenvalue weighted by molar-refractivity contribution is -0.116. The molecule has 1 aromatic carbocycles. The molecule has 19 heavy (non-hydrogen) atoms. The van der Waals surface area contributed by atoms with Crippen LogP contribution in [-0.2, 0) is 11.2 Å². The van der Waals surface area contributed by atoms with Crippen LogP contribution in [0.1, 0.15) is 12.5 Å². The Morgan fingerprint density at radius 2 is 2.11 bits per heavy atom. The molecule has 0 unspecified atom stereocenters. The molecule has 0 amide bonds. The first kappa shape index (κ1) is 11.7. The van der Waals surface area contributed by atoms with E-state index in [4.69, 9.17) is 0 Å². The number of benzene rings is 1. The van der Waals surface area contributed by atoms with Gasteiger partial charge >= 0.3 is 0 Å². The zero-order valence-electron chi connectivity index (χ0n) is 10.7. The number of fused-ring (bicyclic) bond motifs is 1. The van der Waals surface area contributed by atoms with Crippen LogP contribution in [0.2, 0.25) is 0 Å². The van der Waals surface area contributed by atoms with Gasteiger partial charge in [0.2, 0.25) is 0 Å². The fourth-order valence-electron chi connectivity index (χ4n) is 2.29. The Kier molecular flexibility index (Phi) is 2.88. The maximum atomic E-state index is 11.2. The van der Waals surface area contributed by atoms with E-state index in [1.54, 1.807) is 6.92 Å². The summed E-state index contributed by atoms with van der Waals surface area (Å²) in [6, 6.07) is 14.1. The summed E-state index contributed by atoms with van der Waals surface area (Å²) < 4.78 is 1.85. The van der Waals surface area contributed by atoms with E-state index in [0.717, 1.165) is 22.2 Å². The Morgan fingerprint density at radius 1 is 1.21 bits per heavy atom. The summed E-state index contributed by atoms with van der Waals surface area (Å²) in [5, 5.41) is 4.34. The van der Waals surface area contributed by atoms with Crippen molar-refractivity contribution in [1.82, 2.24) is 9.61 Å². The fraction of sp³-hybridized carbons (Fsp3) is 0.125. The lowest BCUT2D eigenvalue weighted by atomic mass is 10.0. The third-order valence-corrected chi connectivity index (χ3v) is 3.12. The number of hydrogen-bond donors (Lipinski definition) is 0. The Morgan fingerprint density at radius 3 is 2.95 bits per heavy atom. The van der Waals surface area contributed by atoms with Crippen molar-refractivity contribution in [2.45, 2.75) is 13.3 Å². The van der Waals surface area contributed by atoms with Crippen LogP contribution in [0.4, 0.5) is 0 Å². The van der Waals surface area contributed by atoms with Crippen LogP contribution in [-0.4, -0.2) is 15.4 Å². The van der Waals surface area contributed by atoms with Crippen molar-refractivity contribution in [2.75, 3.05) is 0 Å². The highest BCUT2D eigenvalue weighted by molar-refractivity contribution is 5.82. The van der Waals surface area contributed by atoms with Crippen molar-refractivity contribution in [1.29, 1.82) is 0 Å². The Balaban J connectivity index is 2.09. The van der Waals surface area contributed by atoms with Crippen molar-refractivity contribution in [3.05, 3.63) is 60.4 Å². The molecule has 0 N–H and O–H groups in total. The van der Waals surface area contributed by atoms with Crippen molar-refractivity contribution in [3.8, 4) is 11.1 Å². The second-order valence-electron chi connectivity index (χ2n) is 4.67. The van der Waals surface area contributed by atoms with E-state index >= 15 is 0 Å². The highest BCUT2D eigenvalue weighted by Crippen LogP contribution is 2.25. The van der Waals surface area contributed by atoms with E-state index in [1.807, 2.05) is 53.3 Å². The van der Waals surface area contributed by atoms with Gasteiger partial charge < -0.3 is 0 Å². The molecule has 94 valence electrons. The average molecular weight is 250 g/mol. The number of nitrogens with zero attached hydrogens (tertiary/aromatic N) is 2. The van der Waals surface area contributed by atoms with Crippen LogP contribution in [0.15, 0.2) is 54.9 Å². The zero-order chi connectivity index (χ0) is 13.2. The fourth-order valence-corrected chi connectivity index (χ4v) is 2.29. The van der Waals surface area contributed by atoms with Gasteiger partial charge in [-0.1, -0.05) is 30.3 Å². The summed E-state index contributed by atoms with van der Waals surface area (Å²) in [6.07, 6.45) is 4.27. The van der Waals surface area contributed by atoms with Gasteiger partial charge in [-0.2, -0.15) is 5.10 Å². The first-order valence-corrected chi connectivity index (χ1v) is 6.25. The Bertz CT molecular complexity index is 743. The van der Waals surface area contributed by atoms with Crippen molar-refractivity contribution < 1.29 is 4.79 Å². The van der Waals surface area contributed by atoms with Gasteiger partial charge in [0.1, 0.15) is 5.78 Å². The SMILES string of the molecule is CC(=O)Cc1cccc(-c2cnn3ccccc23)c1. The molecule has 0 aliphatic rings. The number of ketones is 1. The molecule has 0 radical (unpaired) electrons. The van der Waals surface area contributed by atoms with Crippen LogP contribution in [0.3, 0.4) is 0 Å². The standard InChI is InChI=1S/C16H14N2O/c1-12(19)9-13-5-4-6-14(10-13)15-11-17-18-8-3-2-7-16(15)18/h2-8,10-11H,9H2,1H3. The maximum Gasteiger partial charge on any atom is 0.134 e. The summed E-state index contributed by atoms with van der Waals surface area (Å²) in [5.41, 5.74) is 4.30. The molecule has 2 heterocycles. The molecule has 0 spiro atoms. The van der Waals surface area contributed by atoms with E-state index in [-0.39, 0.29) is 5.78 Å². The molecular weight excluding hydrogens is 236 g/mol. The van der Waals surface area contributed by atoms with Crippen molar-refractivity contribution in [3.63, 3.8) is 0 Å². The molecule has 2 aromatic heterocycles.